The van der Waals surface area contributed by atoms with E-state index in [-0.39, 0.29) is 18.3 Å². The van der Waals surface area contributed by atoms with Crippen LogP contribution in [0, 0.1) is 5.82 Å². The molecule has 4 heterocycles. The Labute approximate surface area is 193 Å². The van der Waals surface area contributed by atoms with Gasteiger partial charge in [-0.3, -0.25) is 9.88 Å². The van der Waals surface area contributed by atoms with Crippen molar-refractivity contribution in [2.45, 2.75) is 6.04 Å². The van der Waals surface area contributed by atoms with Gasteiger partial charge in [0.05, 0.1) is 23.6 Å². The fraction of sp³-hybridized carbons (Fsp3) is 0.217. The number of pyridine rings is 2. The molecule has 1 aromatic carbocycles. The van der Waals surface area contributed by atoms with Crippen LogP contribution in [0.2, 0.25) is 5.02 Å². The third kappa shape index (κ3) is 4.69. The highest BCUT2D eigenvalue weighted by atomic mass is 35.5. The number of hydrogen-bond acceptors (Lipinski definition) is 7. The predicted octanol–water partition coefficient (Wildman–Crippen LogP) is 4.69. The van der Waals surface area contributed by atoms with E-state index < -0.39 is 5.82 Å². The number of hydrogen-bond donors (Lipinski definition) is 2. The van der Waals surface area contributed by atoms with Crippen LogP contribution in [0.5, 0.6) is 0 Å². The molecule has 4 aromatic rings. The highest BCUT2D eigenvalue weighted by molar-refractivity contribution is 6.30. The minimum absolute atomic E-state index is 0.268. The van der Waals surface area contributed by atoms with Gasteiger partial charge >= 0.3 is 0 Å². The van der Waals surface area contributed by atoms with E-state index in [0.29, 0.717) is 34.4 Å². The van der Waals surface area contributed by atoms with Crippen molar-refractivity contribution in [1.29, 1.82) is 0 Å². The number of nitrogens with one attached hydrogen (secondary N) is 2. The molecule has 0 unspecified atom stereocenters. The van der Waals surface area contributed by atoms with Crippen LogP contribution in [0.3, 0.4) is 0 Å². The van der Waals surface area contributed by atoms with Crippen LogP contribution >= 0.6 is 11.6 Å². The Morgan fingerprint density at radius 3 is 2.73 bits per heavy atom. The summed E-state index contributed by atoms with van der Waals surface area (Å²) in [6, 6.07) is 10.1. The van der Waals surface area contributed by atoms with Crippen molar-refractivity contribution in [3.63, 3.8) is 0 Å². The van der Waals surface area contributed by atoms with E-state index in [1.807, 2.05) is 17.0 Å². The summed E-state index contributed by atoms with van der Waals surface area (Å²) in [5.41, 5.74) is 1.87. The van der Waals surface area contributed by atoms with E-state index >= 15 is 0 Å². The first-order valence-electron chi connectivity index (χ1n) is 10.4. The van der Waals surface area contributed by atoms with Crippen LogP contribution in [0.4, 0.5) is 26.2 Å². The van der Waals surface area contributed by atoms with Crippen LogP contribution in [0.25, 0.3) is 22.2 Å². The molecular formula is C23H20ClF2N7. The lowest BCUT2D eigenvalue weighted by molar-refractivity contribution is 0.149. The van der Waals surface area contributed by atoms with Gasteiger partial charge in [-0.2, -0.15) is 0 Å². The summed E-state index contributed by atoms with van der Waals surface area (Å²) in [6.45, 7) is 1.76. The van der Waals surface area contributed by atoms with Gasteiger partial charge in [-0.05, 0) is 36.4 Å². The van der Waals surface area contributed by atoms with Gasteiger partial charge in [-0.25, -0.2) is 23.7 Å². The summed E-state index contributed by atoms with van der Waals surface area (Å²) >= 11 is 6.07. The van der Waals surface area contributed by atoms with Crippen LogP contribution in [-0.2, 0) is 0 Å². The number of benzene rings is 1. The average Bonchev–Trinajstić information content (AvgIpc) is 2.80. The number of fused-ring (bicyclic) bond motifs is 1. The summed E-state index contributed by atoms with van der Waals surface area (Å²) < 4.78 is 26.8. The van der Waals surface area contributed by atoms with Crippen molar-refractivity contribution in [1.82, 2.24) is 24.8 Å². The molecule has 10 heteroatoms. The molecule has 0 aliphatic carbocycles. The zero-order chi connectivity index (χ0) is 22.8. The molecule has 0 radical (unpaired) electrons. The van der Waals surface area contributed by atoms with Gasteiger partial charge in [0.15, 0.2) is 0 Å². The van der Waals surface area contributed by atoms with E-state index in [1.165, 1.54) is 18.2 Å². The molecular weight excluding hydrogens is 448 g/mol. The number of rotatable bonds is 7. The van der Waals surface area contributed by atoms with Gasteiger partial charge < -0.3 is 10.6 Å². The third-order valence-electron chi connectivity index (χ3n) is 5.41. The molecule has 5 rings (SSSR count). The predicted molar refractivity (Wildman–Crippen MR) is 125 cm³/mol. The monoisotopic (exact) mass is 467 g/mol. The number of nitrogens with zero attached hydrogens (tertiary/aromatic N) is 5. The molecule has 0 spiro atoms. The highest BCUT2D eigenvalue weighted by Crippen LogP contribution is 2.30. The fourth-order valence-corrected chi connectivity index (χ4v) is 3.92. The Hall–Kier alpha value is -3.43. The minimum atomic E-state index is -0.431. The Bertz CT molecular complexity index is 1280. The van der Waals surface area contributed by atoms with Crippen molar-refractivity contribution in [3.8, 4) is 11.3 Å². The standard InChI is InChI=1S/C23H20ClF2N7/c24-15-1-3-19(26)18(9-15)22-21-14(5-7-27-22)10-29-23(32-21)31-16-2-4-20(28-11-16)30-17-12-33(13-17)8-6-25/h1-5,7,9-11,17H,6,8,12-13H2,(H,28,30)(H,29,31,32). The average molecular weight is 468 g/mol. The maximum absolute atomic E-state index is 14.5. The van der Waals surface area contributed by atoms with Crippen molar-refractivity contribution < 1.29 is 8.78 Å². The molecule has 1 aliphatic rings. The maximum atomic E-state index is 14.5. The molecule has 0 bridgehead atoms. The summed E-state index contributed by atoms with van der Waals surface area (Å²) in [7, 11) is 0. The normalized spacial score (nSPS) is 14.3. The number of likely N-dealkylation sites (tertiary alicyclic amines) is 1. The molecule has 168 valence electrons. The Morgan fingerprint density at radius 1 is 1.06 bits per heavy atom. The molecule has 3 aromatic heterocycles. The van der Waals surface area contributed by atoms with Gasteiger partial charge in [0, 0.05) is 48.0 Å². The zero-order valence-corrected chi connectivity index (χ0v) is 18.2. The van der Waals surface area contributed by atoms with Gasteiger partial charge in [0.25, 0.3) is 0 Å². The number of anilines is 3. The van der Waals surface area contributed by atoms with Crippen molar-refractivity contribution in [2.24, 2.45) is 0 Å². The van der Waals surface area contributed by atoms with Crippen LogP contribution < -0.4 is 10.6 Å². The molecule has 7 nitrogen and oxygen atoms in total. The van der Waals surface area contributed by atoms with Crippen molar-refractivity contribution in [3.05, 3.63) is 65.8 Å². The van der Waals surface area contributed by atoms with E-state index in [4.69, 9.17) is 11.6 Å². The van der Waals surface area contributed by atoms with Crippen molar-refractivity contribution in [2.75, 3.05) is 36.9 Å². The van der Waals surface area contributed by atoms with Gasteiger partial charge in [-0.15, -0.1) is 0 Å². The van der Waals surface area contributed by atoms with Crippen LogP contribution in [0.15, 0.2) is 55.0 Å². The molecule has 0 amide bonds. The summed E-state index contributed by atoms with van der Waals surface area (Å²) in [5, 5.41) is 7.59. The molecule has 1 aliphatic heterocycles. The Kier molecular flexibility index (Phi) is 5.97. The lowest BCUT2D eigenvalue weighted by Gasteiger charge is -2.39. The first-order valence-corrected chi connectivity index (χ1v) is 10.8. The second kappa shape index (κ2) is 9.21. The molecule has 1 fully saturated rings. The topological polar surface area (TPSA) is 78.9 Å². The molecule has 0 saturated carbocycles. The summed E-state index contributed by atoms with van der Waals surface area (Å²) in [4.78, 5) is 19.7. The largest absolute Gasteiger partial charge is 0.365 e. The molecule has 0 atom stereocenters. The summed E-state index contributed by atoms with van der Waals surface area (Å²) in [5.74, 6) is 0.648. The molecule has 1 saturated heterocycles. The second-order valence-electron chi connectivity index (χ2n) is 7.76. The SMILES string of the molecule is FCCN1CC(Nc2ccc(Nc3ncc4ccnc(-c5cc(Cl)ccc5F)c4n3)cn2)C1. The van der Waals surface area contributed by atoms with Gasteiger partial charge in [0.2, 0.25) is 5.95 Å². The number of aromatic nitrogens is 4. The Morgan fingerprint density at radius 2 is 1.94 bits per heavy atom. The lowest BCUT2D eigenvalue weighted by atomic mass is 10.1. The number of halogens is 3. The van der Waals surface area contributed by atoms with E-state index in [2.05, 4.69) is 30.6 Å². The third-order valence-corrected chi connectivity index (χ3v) is 5.65. The maximum Gasteiger partial charge on any atom is 0.227 e. The van der Waals surface area contributed by atoms with E-state index in [1.54, 1.807) is 24.7 Å². The fourth-order valence-electron chi connectivity index (χ4n) is 3.75. The zero-order valence-electron chi connectivity index (χ0n) is 17.5. The Balaban J connectivity index is 1.34. The first kappa shape index (κ1) is 21.4. The van der Waals surface area contributed by atoms with Crippen molar-refractivity contribution >= 4 is 40.0 Å². The van der Waals surface area contributed by atoms with Crippen LogP contribution in [-0.4, -0.2) is 57.2 Å². The van der Waals surface area contributed by atoms with Gasteiger partial charge in [-0.1, -0.05) is 11.6 Å². The summed E-state index contributed by atoms with van der Waals surface area (Å²) in [6.07, 6.45) is 4.92. The second-order valence-corrected chi connectivity index (χ2v) is 8.20. The van der Waals surface area contributed by atoms with Crippen LogP contribution in [0.1, 0.15) is 0 Å². The van der Waals surface area contributed by atoms with E-state index in [0.717, 1.165) is 24.3 Å². The molecule has 2 N–H and O–H groups in total. The smallest absolute Gasteiger partial charge is 0.227 e. The molecule has 33 heavy (non-hydrogen) atoms. The lowest BCUT2D eigenvalue weighted by Crippen LogP contribution is -2.55. The minimum Gasteiger partial charge on any atom is -0.365 e. The van der Waals surface area contributed by atoms with E-state index in [9.17, 15) is 8.78 Å². The number of alkyl halides is 1. The van der Waals surface area contributed by atoms with Gasteiger partial charge in [0.1, 0.15) is 23.8 Å². The first-order chi connectivity index (χ1) is 16.1. The highest BCUT2D eigenvalue weighted by Gasteiger charge is 2.26. The quantitative estimate of drug-likeness (QED) is 0.408.